The number of rotatable bonds is 2. The minimum atomic E-state index is -0.445. The van der Waals surface area contributed by atoms with Gasteiger partial charge in [-0.05, 0) is 12.1 Å². The van der Waals surface area contributed by atoms with Crippen LogP contribution in [0, 0.1) is 0 Å². The molecule has 0 bridgehead atoms. The molecule has 2 rings (SSSR count). The molecule has 88 valence electrons. The number of halogens is 2. The fraction of sp³-hybridized carbons (Fsp3) is 0.0909. The molecule has 0 radical (unpaired) electrons. The highest BCUT2D eigenvalue weighted by Crippen LogP contribution is 2.36. The molecule has 0 aliphatic rings. The average molecular weight is 288 g/mol. The van der Waals surface area contributed by atoms with E-state index in [1.807, 2.05) is 12.1 Å². The first kappa shape index (κ1) is 12.4. The van der Waals surface area contributed by atoms with E-state index in [0.29, 0.717) is 14.4 Å². The molecule has 0 amide bonds. The molecule has 0 aliphatic heterocycles. The third-order valence-electron chi connectivity index (χ3n) is 1.89. The lowest BCUT2D eigenvalue weighted by molar-refractivity contribution is -0.132. The number of hydrogen-bond acceptors (Lipinski definition) is 4. The van der Waals surface area contributed by atoms with Crippen molar-refractivity contribution in [1.82, 2.24) is 4.98 Å². The highest BCUT2D eigenvalue weighted by Gasteiger charge is 2.13. The fourth-order valence-corrected chi connectivity index (χ4v) is 2.36. The second-order valence-corrected chi connectivity index (χ2v) is 5.24. The molecular weight excluding hydrogens is 281 g/mol. The molecule has 6 heteroatoms. The SMILES string of the molecule is CC(=O)Oc1nc(-c2ccc(Cl)cc2)sc1Cl. The molecule has 2 aromatic rings. The molecular formula is C11H7Cl2NO2S. The van der Waals surface area contributed by atoms with Crippen molar-refractivity contribution in [2.24, 2.45) is 0 Å². The van der Waals surface area contributed by atoms with Crippen LogP contribution in [-0.2, 0) is 4.79 Å². The standard InChI is InChI=1S/C11H7Cl2NO2S/c1-6(15)16-10-9(13)17-11(14-10)7-2-4-8(12)5-3-7/h2-5H,1H3. The fourth-order valence-electron chi connectivity index (χ4n) is 1.20. The van der Waals surface area contributed by atoms with Crippen molar-refractivity contribution in [3.05, 3.63) is 33.6 Å². The zero-order valence-corrected chi connectivity index (χ0v) is 11.1. The summed E-state index contributed by atoms with van der Waals surface area (Å²) in [6.45, 7) is 1.30. The van der Waals surface area contributed by atoms with E-state index in [4.69, 9.17) is 27.9 Å². The molecule has 0 atom stereocenters. The summed E-state index contributed by atoms with van der Waals surface area (Å²) in [4.78, 5) is 15.0. The predicted octanol–water partition coefficient (Wildman–Crippen LogP) is 4.04. The van der Waals surface area contributed by atoms with Gasteiger partial charge in [-0.3, -0.25) is 4.79 Å². The van der Waals surface area contributed by atoms with Crippen LogP contribution in [-0.4, -0.2) is 11.0 Å². The van der Waals surface area contributed by atoms with E-state index in [-0.39, 0.29) is 5.88 Å². The molecule has 1 heterocycles. The Morgan fingerprint density at radius 1 is 1.29 bits per heavy atom. The van der Waals surface area contributed by atoms with Crippen LogP contribution in [0.2, 0.25) is 9.36 Å². The minimum Gasteiger partial charge on any atom is -0.405 e. The van der Waals surface area contributed by atoms with Crippen LogP contribution in [0.5, 0.6) is 5.88 Å². The van der Waals surface area contributed by atoms with Crippen molar-refractivity contribution >= 4 is 40.5 Å². The maximum Gasteiger partial charge on any atom is 0.309 e. The van der Waals surface area contributed by atoms with Gasteiger partial charge in [0.1, 0.15) is 5.01 Å². The molecule has 17 heavy (non-hydrogen) atoms. The molecule has 1 aromatic carbocycles. The van der Waals surface area contributed by atoms with Crippen molar-refractivity contribution in [3.63, 3.8) is 0 Å². The van der Waals surface area contributed by atoms with E-state index in [9.17, 15) is 4.79 Å². The van der Waals surface area contributed by atoms with Crippen LogP contribution in [0.15, 0.2) is 24.3 Å². The maximum absolute atomic E-state index is 10.8. The zero-order valence-electron chi connectivity index (χ0n) is 8.74. The summed E-state index contributed by atoms with van der Waals surface area (Å²) in [5.74, 6) is -0.297. The van der Waals surface area contributed by atoms with Gasteiger partial charge < -0.3 is 4.74 Å². The second-order valence-electron chi connectivity index (χ2n) is 3.20. The van der Waals surface area contributed by atoms with Crippen LogP contribution in [0.3, 0.4) is 0 Å². The Morgan fingerprint density at radius 2 is 1.94 bits per heavy atom. The van der Waals surface area contributed by atoms with Gasteiger partial charge in [0.25, 0.3) is 5.88 Å². The van der Waals surface area contributed by atoms with Gasteiger partial charge >= 0.3 is 5.97 Å². The van der Waals surface area contributed by atoms with Gasteiger partial charge in [-0.15, -0.1) is 0 Å². The lowest BCUT2D eigenvalue weighted by Crippen LogP contribution is -2.01. The summed E-state index contributed by atoms with van der Waals surface area (Å²) >= 11 is 13.0. The van der Waals surface area contributed by atoms with Gasteiger partial charge in [0.15, 0.2) is 4.34 Å². The van der Waals surface area contributed by atoms with Gasteiger partial charge in [0.05, 0.1) is 0 Å². The Morgan fingerprint density at radius 3 is 2.53 bits per heavy atom. The predicted molar refractivity (Wildman–Crippen MR) is 68.9 cm³/mol. The number of hydrogen-bond donors (Lipinski definition) is 0. The number of ether oxygens (including phenoxy) is 1. The Labute approximate surface area is 112 Å². The highest BCUT2D eigenvalue weighted by molar-refractivity contribution is 7.19. The number of benzene rings is 1. The second kappa shape index (κ2) is 5.04. The van der Waals surface area contributed by atoms with Crippen molar-refractivity contribution in [3.8, 4) is 16.5 Å². The highest BCUT2D eigenvalue weighted by atomic mass is 35.5. The van der Waals surface area contributed by atoms with Gasteiger partial charge in [0, 0.05) is 17.5 Å². The summed E-state index contributed by atoms with van der Waals surface area (Å²) in [5, 5.41) is 1.33. The number of carbonyl (C=O) groups excluding carboxylic acids is 1. The lowest BCUT2D eigenvalue weighted by Gasteiger charge is -1.96. The zero-order chi connectivity index (χ0) is 12.4. The molecule has 0 saturated carbocycles. The van der Waals surface area contributed by atoms with E-state index in [1.165, 1.54) is 18.3 Å². The number of esters is 1. The topological polar surface area (TPSA) is 39.2 Å². The molecule has 0 fully saturated rings. The minimum absolute atomic E-state index is 0.147. The van der Waals surface area contributed by atoms with E-state index in [2.05, 4.69) is 4.98 Å². The van der Waals surface area contributed by atoms with Crippen LogP contribution in [0.1, 0.15) is 6.92 Å². The number of nitrogens with zero attached hydrogens (tertiary/aromatic N) is 1. The van der Waals surface area contributed by atoms with Crippen LogP contribution in [0.25, 0.3) is 10.6 Å². The summed E-state index contributed by atoms with van der Waals surface area (Å²) in [6.07, 6.45) is 0. The van der Waals surface area contributed by atoms with Gasteiger partial charge in [-0.1, -0.05) is 46.7 Å². The third-order valence-corrected chi connectivity index (χ3v) is 3.41. The van der Waals surface area contributed by atoms with Crippen LogP contribution >= 0.6 is 34.5 Å². The largest absolute Gasteiger partial charge is 0.405 e. The maximum atomic E-state index is 10.8. The van der Waals surface area contributed by atoms with E-state index in [1.54, 1.807) is 12.1 Å². The summed E-state index contributed by atoms with van der Waals surface area (Å²) in [6, 6.07) is 7.18. The lowest BCUT2D eigenvalue weighted by atomic mass is 10.2. The van der Waals surface area contributed by atoms with E-state index < -0.39 is 5.97 Å². The quantitative estimate of drug-likeness (QED) is 0.783. The Hall–Kier alpha value is -1.10. The molecule has 0 N–H and O–H groups in total. The number of thiazole rings is 1. The molecule has 0 aliphatic carbocycles. The molecule has 1 aromatic heterocycles. The third kappa shape index (κ3) is 2.97. The molecule has 0 saturated heterocycles. The van der Waals surface area contributed by atoms with Crippen LogP contribution in [0.4, 0.5) is 0 Å². The summed E-state index contributed by atoms with van der Waals surface area (Å²) in [5.41, 5.74) is 0.875. The van der Waals surface area contributed by atoms with Crippen molar-refractivity contribution in [2.75, 3.05) is 0 Å². The number of aromatic nitrogens is 1. The first-order valence-electron chi connectivity index (χ1n) is 4.67. The van der Waals surface area contributed by atoms with Crippen LogP contribution < -0.4 is 4.74 Å². The first-order valence-corrected chi connectivity index (χ1v) is 6.24. The Bertz CT molecular complexity index is 551. The number of carbonyl (C=O) groups is 1. The van der Waals surface area contributed by atoms with Gasteiger partial charge in [0.2, 0.25) is 0 Å². The monoisotopic (exact) mass is 287 g/mol. The average Bonchev–Trinajstić information content (AvgIpc) is 2.60. The normalized spacial score (nSPS) is 10.3. The molecule has 0 unspecified atom stereocenters. The van der Waals surface area contributed by atoms with Gasteiger partial charge in [-0.2, -0.15) is 4.98 Å². The first-order chi connectivity index (χ1) is 8.06. The summed E-state index contributed by atoms with van der Waals surface area (Å²) in [7, 11) is 0. The van der Waals surface area contributed by atoms with Crippen molar-refractivity contribution in [2.45, 2.75) is 6.92 Å². The van der Waals surface area contributed by atoms with Crippen molar-refractivity contribution in [1.29, 1.82) is 0 Å². The molecule has 3 nitrogen and oxygen atoms in total. The molecule has 0 spiro atoms. The smallest absolute Gasteiger partial charge is 0.309 e. The van der Waals surface area contributed by atoms with Gasteiger partial charge in [-0.25, -0.2) is 0 Å². The summed E-state index contributed by atoms with van der Waals surface area (Å²) < 4.78 is 5.23. The van der Waals surface area contributed by atoms with Crippen molar-refractivity contribution < 1.29 is 9.53 Å². The van der Waals surface area contributed by atoms with E-state index >= 15 is 0 Å². The Balaban J connectivity index is 2.34. The van der Waals surface area contributed by atoms with E-state index in [0.717, 1.165) is 5.56 Å². The Kier molecular flexibility index (Phi) is 3.66.